The molecule has 2 rings (SSSR count). The fourth-order valence-electron chi connectivity index (χ4n) is 1.61. The van der Waals surface area contributed by atoms with Gasteiger partial charge >= 0.3 is 0 Å². The SMILES string of the molecule is Cc1nc(CNC(=O)c2cc(Br)cn2C)oc1C. The Bertz CT molecular complexity index is 567. The number of aryl methyl sites for hydroxylation is 3. The van der Waals surface area contributed by atoms with Gasteiger partial charge in [-0.25, -0.2) is 4.98 Å². The van der Waals surface area contributed by atoms with Gasteiger partial charge in [-0.15, -0.1) is 0 Å². The first kappa shape index (κ1) is 12.9. The molecule has 0 fully saturated rings. The van der Waals surface area contributed by atoms with Crippen molar-refractivity contribution in [2.45, 2.75) is 20.4 Å². The first-order valence-corrected chi connectivity index (χ1v) is 6.29. The molecule has 18 heavy (non-hydrogen) atoms. The number of carbonyl (C=O) groups is 1. The van der Waals surface area contributed by atoms with Crippen LogP contribution in [-0.4, -0.2) is 15.5 Å². The Balaban J connectivity index is 2.02. The number of rotatable bonds is 3. The van der Waals surface area contributed by atoms with Crippen molar-refractivity contribution in [3.8, 4) is 0 Å². The summed E-state index contributed by atoms with van der Waals surface area (Å²) in [6.45, 7) is 4.01. The third-order valence-corrected chi connectivity index (χ3v) is 3.11. The minimum Gasteiger partial charge on any atom is -0.444 e. The second kappa shape index (κ2) is 4.97. The second-order valence-corrected chi connectivity index (χ2v) is 5.00. The molecule has 2 aromatic heterocycles. The van der Waals surface area contributed by atoms with Crippen LogP contribution in [0.2, 0.25) is 0 Å². The highest BCUT2D eigenvalue weighted by Crippen LogP contribution is 2.14. The lowest BCUT2D eigenvalue weighted by molar-refractivity contribution is 0.0939. The smallest absolute Gasteiger partial charge is 0.268 e. The van der Waals surface area contributed by atoms with E-state index in [9.17, 15) is 4.79 Å². The minimum absolute atomic E-state index is 0.156. The van der Waals surface area contributed by atoms with Crippen LogP contribution in [0.4, 0.5) is 0 Å². The number of nitrogens with one attached hydrogen (secondary N) is 1. The number of amides is 1. The molecule has 5 nitrogen and oxygen atoms in total. The van der Waals surface area contributed by atoms with Crippen molar-refractivity contribution in [2.24, 2.45) is 7.05 Å². The second-order valence-electron chi connectivity index (χ2n) is 4.09. The first-order chi connectivity index (χ1) is 8.47. The molecule has 1 N–H and O–H groups in total. The number of carbonyl (C=O) groups excluding carboxylic acids is 1. The third-order valence-electron chi connectivity index (χ3n) is 2.68. The van der Waals surface area contributed by atoms with E-state index in [1.165, 1.54) is 0 Å². The van der Waals surface area contributed by atoms with Crippen LogP contribution in [-0.2, 0) is 13.6 Å². The lowest BCUT2D eigenvalue weighted by Crippen LogP contribution is -2.24. The molecule has 0 aromatic carbocycles. The maximum Gasteiger partial charge on any atom is 0.268 e. The van der Waals surface area contributed by atoms with E-state index in [2.05, 4.69) is 26.2 Å². The number of oxazole rings is 1. The topological polar surface area (TPSA) is 60.1 Å². The van der Waals surface area contributed by atoms with Gasteiger partial charge in [0.2, 0.25) is 5.89 Å². The maximum atomic E-state index is 11.9. The molecule has 0 spiro atoms. The Morgan fingerprint density at radius 2 is 2.28 bits per heavy atom. The molecule has 0 saturated carbocycles. The predicted octanol–water partition coefficient (Wildman–Crippen LogP) is 2.32. The van der Waals surface area contributed by atoms with Gasteiger partial charge < -0.3 is 14.3 Å². The standard InChI is InChI=1S/C12H14BrN3O2/c1-7-8(2)18-11(15-7)5-14-12(17)10-4-9(13)6-16(10)3/h4,6H,5H2,1-3H3,(H,14,17). The predicted molar refractivity (Wildman–Crippen MR) is 70.3 cm³/mol. The third kappa shape index (κ3) is 2.64. The van der Waals surface area contributed by atoms with Crippen molar-refractivity contribution in [3.05, 3.63) is 39.8 Å². The van der Waals surface area contributed by atoms with Gasteiger partial charge in [0.05, 0.1) is 12.2 Å². The molecule has 0 unspecified atom stereocenters. The number of aromatic nitrogens is 2. The molecule has 0 bridgehead atoms. The molecule has 0 radical (unpaired) electrons. The highest BCUT2D eigenvalue weighted by atomic mass is 79.9. The van der Waals surface area contributed by atoms with E-state index in [4.69, 9.17) is 4.42 Å². The first-order valence-electron chi connectivity index (χ1n) is 5.50. The average molecular weight is 312 g/mol. The van der Waals surface area contributed by atoms with E-state index in [1.807, 2.05) is 27.1 Å². The summed E-state index contributed by atoms with van der Waals surface area (Å²) >= 11 is 3.33. The Labute approximate surface area is 113 Å². The fourth-order valence-corrected chi connectivity index (χ4v) is 2.14. The van der Waals surface area contributed by atoms with Crippen LogP contribution in [0.15, 0.2) is 21.2 Å². The lowest BCUT2D eigenvalue weighted by atomic mass is 10.4. The van der Waals surface area contributed by atoms with Gasteiger partial charge in [0.25, 0.3) is 5.91 Å². The molecule has 0 aliphatic carbocycles. The zero-order valence-electron chi connectivity index (χ0n) is 10.5. The molecule has 2 aromatic rings. The van der Waals surface area contributed by atoms with Gasteiger partial charge in [0.15, 0.2) is 0 Å². The average Bonchev–Trinajstić information content (AvgIpc) is 2.79. The summed E-state index contributed by atoms with van der Waals surface area (Å²) in [6.07, 6.45) is 1.83. The van der Waals surface area contributed by atoms with E-state index in [1.54, 1.807) is 10.6 Å². The van der Waals surface area contributed by atoms with E-state index < -0.39 is 0 Å². The van der Waals surface area contributed by atoms with Gasteiger partial charge in [0, 0.05) is 17.7 Å². The molecule has 0 aliphatic rings. The highest BCUT2D eigenvalue weighted by molar-refractivity contribution is 9.10. The van der Waals surface area contributed by atoms with Crippen LogP contribution in [0.3, 0.4) is 0 Å². The normalized spacial score (nSPS) is 10.7. The van der Waals surface area contributed by atoms with E-state index in [0.29, 0.717) is 11.6 Å². The monoisotopic (exact) mass is 311 g/mol. The van der Waals surface area contributed by atoms with Crippen LogP contribution in [0.1, 0.15) is 27.8 Å². The fraction of sp³-hybridized carbons (Fsp3) is 0.333. The van der Waals surface area contributed by atoms with Crippen LogP contribution < -0.4 is 5.32 Å². The van der Waals surface area contributed by atoms with Gasteiger partial charge in [-0.3, -0.25) is 4.79 Å². The zero-order chi connectivity index (χ0) is 13.3. The summed E-state index contributed by atoms with van der Waals surface area (Å²) in [5.74, 6) is 1.14. The largest absolute Gasteiger partial charge is 0.444 e. The number of halogens is 1. The van der Waals surface area contributed by atoms with E-state index in [0.717, 1.165) is 15.9 Å². The van der Waals surface area contributed by atoms with Gasteiger partial charge in [0.1, 0.15) is 11.5 Å². The molecule has 2 heterocycles. The van der Waals surface area contributed by atoms with Gasteiger partial charge in [-0.1, -0.05) is 0 Å². The van der Waals surface area contributed by atoms with Crippen molar-refractivity contribution < 1.29 is 9.21 Å². The summed E-state index contributed by atoms with van der Waals surface area (Å²) in [5, 5.41) is 2.77. The minimum atomic E-state index is -0.156. The van der Waals surface area contributed by atoms with Crippen LogP contribution >= 0.6 is 15.9 Å². The number of nitrogens with zero attached hydrogens (tertiary/aromatic N) is 2. The highest BCUT2D eigenvalue weighted by Gasteiger charge is 2.12. The zero-order valence-corrected chi connectivity index (χ0v) is 12.0. The van der Waals surface area contributed by atoms with Crippen molar-refractivity contribution >= 4 is 21.8 Å². The summed E-state index contributed by atoms with van der Waals surface area (Å²) in [4.78, 5) is 16.1. The van der Waals surface area contributed by atoms with Crippen LogP contribution in [0, 0.1) is 13.8 Å². The molecular weight excluding hydrogens is 298 g/mol. The summed E-state index contributed by atoms with van der Waals surface area (Å²) in [5.41, 5.74) is 1.43. The van der Waals surface area contributed by atoms with Gasteiger partial charge in [-0.2, -0.15) is 0 Å². The van der Waals surface area contributed by atoms with Crippen LogP contribution in [0.5, 0.6) is 0 Å². The quantitative estimate of drug-likeness (QED) is 0.946. The summed E-state index contributed by atoms with van der Waals surface area (Å²) < 4.78 is 8.02. The molecule has 0 aliphatic heterocycles. The number of hydrogen-bond donors (Lipinski definition) is 1. The molecular formula is C12H14BrN3O2. The van der Waals surface area contributed by atoms with Crippen molar-refractivity contribution in [1.29, 1.82) is 0 Å². The van der Waals surface area contributed by atoms with Gasteiger partial charge in [-0.05, 0) is 35.8 Å². The maximum absolute atomic E-state index is 11.9. The summed E-state index contributed by atoms with van der Waals surface area (Å²) in [6, 6.07) is 1.77. The molecule has 0 saturated heterocycles. The molecule has 96 valence electrons. The Hall–Kier alpha value is -1.56. The Morgan fingerprint density at radius 1 is 1.56 bits per heavy atom. The number of hydrogen-bond acceptors (Lipinski definition) is 3. The molecule has 1 amide bonds. The molecule has 6 heteroatoms. The Morgan fingerprint density at radius 3 is 2.78 bits per heavy atom. The van der Waals surface area contributed by atoms with Crippen LogP contribution in [0.25, 0.3) is 0 Å². The van der Waals surface area contributed by atoms with E-state index >= 15 is 0 Å². The van der Waals surface area contributed by atoms with Crippen molar-refractivity contribution in [3.63, 3.8) is 0 Å². The molecule has 0 atom stereocenters. The summed E-state index contributed by atoms with van der Waals surface area (Å²) in [7, 11) is 1.82. The van der Waals surface area contributed by atoms with Crippen molar-refractivity contribution in [2.75, 3.05) is 0 Å². The Kier molecular flexibility index (Phi) is 3.56. The van der Waals surface area contributed by atoms with E-state index in [-0.39, 0.29) is 12.5 Å². The van der Waals surface area contributed by atoms with Crippen molar-refractivity contribution in [1.82, 2.24) is 14.9 Å². The lowest BCUT2D eigenvalue weighted by Gasteiger charge is -2.03.